The molecule has 0 saturated carbocycles. The highest BCUT2D eigenvalue weighted by molar-refractivity contribution is 7.92. The average molecular weight is 302 g/mol. The van der Waals surface area contributed by atoms with E-state index in [4.69, 9.17) is 5.11 Å². The van der Waals surface area contributed by atoms with E-state index in [0.717, 1.165) is 11.1 Å². The highest BCUT2D eigenvalue weighted by atomic mass is 32.2. The van der Waals surface area contributed by atoms with Crippen molar-refractivity contribution in [2.75, 3.05) is 11.3 Å². The van der Waals surface area contributed by atoms with Crippen molar-refractivity contribution in [2.24, 2.45) is 0 Å². The van der Waals surface area contributed by atoms with Gasteiger partial charge in [0.2, 0.25) is 0 Å². The van der Waals surface area contributed by atoms with Crippen LogP contribution in [0.5, 0.6) is 0 Å². The lowest BCUT2D eigenvalue weighted by Crippen LogP contribution is -2.13. The van der Waals surface area contributed by atoms with Crippen LogP contribution in [-0.4, -0.2) is 25.1 Å². The molecule has 2 N–H and O–H groups in total. The second kappa shape index (κ2) is 6.39. The van der Waals surface area contributed by atoms with E-state index in [1.54, 1.807) is 24.3 Å². The molecule has 0 aliphatic carbocycles. The largest absolute Gasteiger partial charge is 0.384 e. The third-order valence-electron chi connectivity index (χ3n) is 2.73. The second-order valence-corrected chi connectivity index (χ2v) is 5.97. The Balaban J connectivity index is 2.27. The van der Waals surface area contributed by atoms with Crippen LogP contribution >= 0.6 is 0 Å². The molecule has 0 fully saturated rings. The van der Waals surface area contributed by atoms with Crippen molar-refractivity contribution in [1.29, 1.82) is 0 Å². The summed E-state index contributed by atoms with van der Waals surface area (Å²) < 4.78 is 26.8. The fraction of sp³-hybridized carbons (Fsp3) is 0.133. The second-order valence-electron chi connectivity index (χ2n) is 4.28. The zero-order valence-corrected chi connectivity index (χ0v) is 12.2. The average Bonchev–Trinajstić information content (AvgIpc) is 2.47. The molecule has 1 aromatic heterocycles. The number of aliphatic hydroxyl groups excluding tert-OH is 1. The first-order chi connectivity index (χ1) is 10.0. The van der Waals surface area contributed by atoms with Crippen molar-refractivity contribution >= 4 is 15.7 Å². The number of rotatable bonds is 3. The number of nitrogens with one attached hydrogen (secondary N) is 1. The van der Waals surface area contributed by atoms with Gasteiger partial charge in [-0.1, -0.05) is 11.8 Å². The molecule has 0 spiro atoms. The van der Waals surface area contributed by atoms with Crippen molar-refractivity contribution in [1.82, 2.24) is 4.98 Å². The van der Waals surface area contributed by atoms with Gasteiger partial charge in [0, 0.05) is 23.6 Å². The quantitative estimate of drug-likeness (QED) is 0.843. The third kappa shape index (κ3) is 3.81. The fourth-order valence-electron chi connectivity index (χ4n) is 1.72. The van der Waals surface area contributed by atoms with Gasteiger partial charge in [-0.2, -0.15) is 0 Å². The molecule has 2 aromatic rings. The third-order valence-corrected chi connectivity index (χ3v) is 4.09. The molecule has 0 amide bonds. The first-order valence-corrected chi connectivity index (χ1v) is 7.64. The van der Waals surface area contributed by atoms with Gasteiger partial charge >= 0.3 is 0 Å². The number of aliphatic hydroxyl groups is 1. The SMILES string of the molecule is Cc1cc(NS(=O)(=O)c2cccnc2)ccc1C#CCO. The Morgan fingerprint density at radius 1 is 1.33 bits per heavy atom. The van der Waals surface area contributed by atoms with E-state index in [-0.39, 0.29) is 11.5 Å². The molecule has 0 saturated heterocycles. The summed E-state index contributed by atoms with van der Waals surface area (Å²) in [6.07, 6.45) is 2.80. The molecule has 1 heterocycles. The van der Waals surface area contributed by atoms with Gasteiger partial charge in [0.25, 0.3) is 10.0 Å². The van der Waals surface area contributed by atoms with Gasteiger partial charge in [-0.25, -0.2) is 8.42 Å². The van der Waals surface area contributed by atoms with Crippen molar-refractivity contribution < 1.29 is 13.5 Å². The van der Waals surface area contributed by atoms with Crippen LogP contribution in [0.3, 0.4) is 0 Å². The molecule has 0 atom stereocenters. The fourth-order valence-corrected chi connectivity index (χ4v) is 2.73. The predicted molar refractivity (Wildman–Crippen MR) is 80.2 cm³/mol. The lowest BCUT2D eigenvalue weighted by Gasteiger charge is -2.09. The normalized spacial score (nSPS) is 10.6. The first kappa shape index (κ1) is 15.0. The number of nitrogens with zero attached hydrogens (tertiary/aromatic N) is 1. The van der Waals surface area contributed by atoms with E-state index in [0.29, 0.717) is 5.69 Å². The number of benzene rings is 1. The Kier molecular flexibility index (Phi) is 4.58. The Morgan fingerprint density at radius 2 is 2.14 bits per heavy atom. The Morgan fingerprint density at radius 3 is 2.76 bits per heavy atom. The Hall–Kier alpha value is -2.36. The van der Waals surface area contributed by atoms with Crippen molar-refractivity contribution in [2.45, 2.75) is 11.8 Å². The lowest BCUT2D eigenvalue weighted by atomic mass is 10.1. The van der Waals surface area contributed by atoms with E-state index in [9.17, 15) is 8.42 Å². The van der Waals surface area contributed by atoms with Crippen molar-refractivity contribution in [3.8, 4) is 11.8 Å². The Labute approximate surface area is 123 Å². The molecule has 0 unspecified atom stereocenters. The monoisotopic (exact) mass is 302 g/mol. The van der Waals surface area contributed by atoms with Gasteiger partial charge in [-0.3, -0.25) is 9.71 Å². The number of sulfonamides is 1. The van der Waals surface area contributed by atoms with Crippen LogP contribution in [0.1, 0.15) is 11.1 Å². The van der Waals surface area contributed by atoms with Crippen LogP contribution < -0.4 is 4.72 Å². The van der Waals surface area contributed by atoms with Gasteiger partial charge < -0.3 is 5.11 Å². The zero-order chi connectivity index (χ0) is 15.3. The maximum atomic E-state index is 12.2. The van der Waals surface area contributed by atoms with Gasteiger partial charge in [-0.05, 0) is 42.8 Å². The minimum absolute atomic E-state index is 0.104. The van der Waals surface area contributed by atoms with E-state index in [1.165, 1.54) is 18.5 Å². The molecule has 1 aromatic carbocycles. The summed E-state index contributed by atoms with van der Waals surface area (Å²) in [5, 5.41) is 8.68. The molecular formula is C15H14N2O3S. The van der Waals surface area contributed by atoms with Crippen molar-refractivity contribution in [3.05, 3.63) is 53.9 Å². The van der Waals surface area contributed by atoms with Crippen molar-refractivity contribution in [3.63, 3.8) is 0 Å². The van der Waals surface area contributed by atoms with Crippen LogP contribution in [0, 0.1) is 18.8 Å². The molecular weight excluding hydrogens is 288 g/mol. The first-order valence-electron chi connectivity index (χ1n) is 6.16. The molecule has 0 bridgehead atoms. The number of aryl methyl sites for hydroxylation is 1. The summed E-state index contributed by atoms with van der Waals surface area (Å²) in [5.74, 6) is 5.35. The molecule has 6 heteroatoms. The van der Waals surface area contributed by atoms with E-state index in [2.05, 4.69) is 21.5 Å². The summed E-state index contributed by atoms with van der Waals surface area (Å²) >= 11 is 0. The predicted octanol–water partition coefficient (Wildman–Crippen LogP) is 1.53. The maximum Gasteiger partial charge on any atom is 0.263 e. The van der Waals surface area contributed by atoms with E-state index < -0.39 is 10.0 Å². The van der Waals surface area contributed by atoms with Crippen LogP contribution in [0.2, 0.25) is 0 Å². The number of anilines is 1. The van der Waals surface area contributed by atoms with Crippen LogP contribution in [-0.2, 0) is 10.0 Å². The lowest BCUT2D eigenvalue weighted by molar-refractivity contribution is 0.350. The number of aromatic nitrogens is 1. The van der Waals surface area contributed by atoms with E-state index in [1.807, 2.05) is 6.92 Å². The molecule has 21 heavy (non-hydrogen) atoms. The molecule has 108 valence electrons. The standard InChI is InChI=1S/C15H14N2O3S/c1-12-10-14(7-6-13(12)4-3-9-18)17-21(19,20)15-5-2-8-16-11-15/h2,5-8,10-11,17-18H,9H2,1H3. The molecule has 0 aliphatic heterocycles. The molecule has 2 rings (SSSR count). The maximum absolute atomic E-state index is 12.2. The minimum Gasteiger partial charge on any atom is -0.384 e. The zero-order valence-electron chi connectivity index (χ0n) is 11.4. The van der Waals surface area contributed by atoms with Crippen LogP contribution in [0.15, 0.2) is 47.6 Å². The number of hydrogen-bond acceptors (Lipinski definition) is 4. The van der Waals surface area contributed by atoms with Gasteiger partial charge in [-0.15, -0.1) is 0 Å². The molecule has 0 radical (unpaired) electrons. The smallest absolute Gasteiger partial charge is 0.263 e. The number of hydrogen-bond donors (Lipinski definition) is 2. The summed E-state index contributed by atoms with van der Waals surface area (Å²) in [6.45, 7) is 1.61. The van der Waals surface area contributed by atoms with E-state index >= 15 is 0 Å². The highest BCUT2D eigenvalue weighted by Crippen LogP contribution is 2.18. The summed E-state index contributed by atoms with van der Waals surface area (Å²) in [7, 11) is -3.65. The molecule has 5 nitrogen and oxygen atoms in total. The topological polar surface area (TPSA) is 79.3 Å². The Bertz CT molecular complexity index is 791. The highest BCUT2D eigenvalue weighted by Gasteiger charge is 2.14. The van der Waals surface area contributed by atoms with Gasteiger partial charge in [0.05, 0.1) is 0 Å². The van der Waals surface area contributed by atoms with Crippen LogP contribution in [0.25, 0.3) is 0 Å². The summed E-state index contributed by atoms with van der Waals surface area (Å²) in [5.41, 5.74) is 2.02. The van der Waals surface area contributed by atoms with Gasteiger partial charge in [0.15, 0.2) is 0 Å². The summed E-state index contributed by atoms with van der Waals surface area (Å²) in [4.78, 5) is 3.90. The van der Waals surface area contributed by atoms with Crippen LogP contribution in [0.4, 0.5) is 5.69 Å². The summed E-state index contributed by atoms with van der Waals surface area (Å²) in [6, 6.07) is 8.06. The van der Waals surface area contributed by atoms with Gasteiger partial charge in [0.1, 0.15) is 11.5 Å². The molecule has 0 aliphatic rings. The number of pyridine rings is 1. The minimum atomic E-state index is -3.65.